The van der Waals surface area contributed by atoms with Crippen LogP contribution in [0.2, 0.25) is 0 Å². The van der Waals surface area contributed by atoms with Gasteiger partial charge in [0.1, 0.15) is 23.9 Å². The van der Waals surface area contributed by atoms with Crippen LogP contribution >= 0.6 is 0 Å². The fraction of sp³-hybridized carbons (Fsp3) is 0.190. The van der Waals surface area contributed by atoms with Crippen LogP contribution in [0, 0.1) is 13.8 Å². The topological polar surface area (TPSA) is 71.7 Å². The molecule has 3 rings (SSSR count). The van der Waals surface area contributed by atoms with Crippen molar-refractivity contribution in [1.29, 1.82) is 0 Å². The summed E-state index contributed by atoms with van der Waals surface area (Å²) in [5, 5.41) is 12.0. The van der Waals surface area contributed by atoms with Gasteiger partial charge in [0.2, 0.25) is 0 Å². The summed E-state index contributed by atoms with van der Waals surface area (Å²) >= 11 is 0. The molecular weight excluding hydrogens is 330 g/mol. The molecule has 1 amide bonds. The third-order valence-corrected chi connectivity index (χ3v) is 4.31. The van der Waals surface area contributed by atoms with Gasteiger partial charge >= 0.3 is 0 Å². The van der Waals surface area contributed by atoms with Crippen molar-refractivity contribution < 1.29 is 19.1 Å². The number of methoxy groups -OCH3 is 1. The molecule has 0 saturated carbocycles. The van der Waals surface area contributed by atoms with E-state index in [1.54, 1.807) is 31.4 Å². The van der Waals surface area contributed by atoms with Crippen LogP contribution in [0.4, 0.5) is 5.69 Å². The van der Waals surface area contributed by atoms with Crippen LogP contribution in [0.1, 0.15) is 27.2 Å². The van der Waals surface area contributed by atoms with E-state index in [1.807, 2.05) is 38.1 Å². The van der Waals surface area contributed by atoms with Gasteiger partial charge in [0.25, 0.3) is 5.91 Å². The molecule has 0 atom stereocenters. The number of carbonyl (C=O) groups excluding carboxylic acids is 1. The van der Waals surface area contributed by atoms with Crippen molar-refractivity contribution in [2.24, 2.45) is 0 Å². The van der Waals surface area contributed by atoms with Crippen LogP contribution in [0.5, 0.6) is 5.75 Å². The first-order valence-electron chi connectivity index (χ1n) is 8.28. The summed E-state index contributed by atoms with van der Waals surface area (Å²) in [4.78, 5) is 12.5. The molecule has 0 aliphatic rings. The lowest BCUT2D eigenvalue weighted by atomic mass is 10.1. The molecule has 0 unspecified atom stereocenters. The molecule has 0 aliphatic heterocycles. The Labute approximate surface area is 152 Å². The highest BCUT2D eigenvalue weighted by molar-refractivity contribution is 6.04. The highest BCUT2D eigenvalue weighted by atomic mass is 16.5. The molecular formula is C21H21NO4. The fourth-order valence-corrected chi connectivity index (χ4v) is 2.67. The normalized spacial score (nSPS) is 10.6. The van der Waals surface area contributed by atoms with Crippen molar-refractivity contribution >= 4 is 11.6 Å². The van der Waals surface area contributed by atoms with Gasteiger partial charge in [-0.05, 0) is 61.4 Å². The fourth-order valence-electron chi connectivity index (χ4n) is 2.67. The average molecular weight is 351 g/mol. The number of hydrogen-bond donors (Lipinski definition) is 2. The second-order valence-corrected chi connectivity index (χ2v) is 6.09. The van der Waals surface area contributed by atoms with Crippen molar-refractivity contribution in [1.82, 2.24) is 0 Å². The molecule has 0 spiro atoms. The van der Waals surface area contributed by atoms with Crippen LogP contribution < -0.4 is 10.1 Å². The van der Waals surface area contributed by atoms with Crippen molar-refractivity contribution in [2.75, 3.05) is 12.4 Å². The van der Waals surface area contributed by atoms with E-state index >= 15 is 0 Å². The predicted molar refractivity (Wildman–Crippen MR) is 100 cm³/mol. The van der Waals surface area contributed by atoms with Crippen molar-refractivity contribution in [3.8, 4) is 17.1 Å². The molecule has 0 aliphatic carbocycles. The lowest BCUT2D eigenvalue weighted by Gasteiger charge is -2.11. The largest absolute Gasteiger partial charge is 0.496 e. The highest BCUT2D eigenvalue weighted by Crippen LogP contribution is 2.33. The number of anilines is 1. The van der Waals surface area contributed by atoms with Gasteiger partial charge in [-0.2, -0.15) is 0 Å². The molecule has 134 valence electrons. The maximum Gasteiger partial charge on any atom is 0.255 e. The summed E-state index contributed by atoms with van der Waals surface area (Å²) in [6.07, 6.45) is 0. The number of hydrogen-bond acceptors (Lipinski definition) is 4. The first kappa shape index (κ1) is 17.8. The van der Waals surface area contributed by atoms with E-state index in [9.17, 15) is 4.79 Å². The van der Waals surface area contributed by atoms with Gasteiger partial charge in [-0.3, -0.25) is 4.79 Å². The van der Waals surface area contributed by atoms with E-state index in [0.717, 1.165) is 16.7 Å². The van der Waals surface area contributed by atoms with Gasteiger partial charge < -0.3 is 19.6 Å². The Balaban J connectivity index is 1.84. The number of carbonyl (C=O) groups is 1. The molecule has 3 aromatic rings. The lowest BCUT2D eigenvalue weighted by Crippen LogP contribution is -2.12. The number of amides is 1. The van der Waals surface area contributed by atoms with Crippen LogP contribution in [0.15, 0.2) is 52.9 Å². The standard InChI is InChI=1S/C21H21NO4/c1-13-4-5-15(10-14(13)2)21(24)22-16-6-8-18(20(11-16)25-3)19-9-7-17(12-23)26-19/h4-11,23H,12H2,1-3H3,(H,22,24). The third kappa shape index (κ3) is 3.63. The Morgan fingerprint density at radius 2 is 1.88 bits per heavy atom. The molecule has 26 heavy (non-hydrogen) atoms. The second-order valence-electron chi connectivity index (χ2n) is 6.09. The van der Waals surface area contributed by atoms with E-state index in [2.05, 4.69) is 5.32 Å². The summed E-state index contributed by atoms with van der Waals surface area (Å²) < 4.78 is 11.0. The van der Waals surface area contributed by atoms with Crippen molar-refractivity contribution in [2.45, 2.75) is 20.5 Å². The maximum atomic E-state index is 12.5. The number of aryl methyl sites for hydroxylation is 2. The number of aliphatic hydroxyl groups excluding tert-OH is 1. The molecule has 2 N–H and O–H groups in total. The second kappa shape index (κ2) is 7.45. The van der Waals surface area contributed by atoms with E-state index in [-0.39, 0.29) is 12.5 Å². The minimum Gasteiger partial charge on any atom is -0.496 e. The Bertz CT molecular complexity index is 943. The van der Waals surface area contributed by atoms with E-state index in [1.165, 1.54) is 0 Å². The summed E-state index contributed by atoms with van der Waals surface area (Å²) in [5.74, 6) is 1.47. The first-order valence-corrected chi connectivity index (χ1v) is 8.28. The number of rotatable bonds is 5. The van der Waals surface area contributed by atoms with E-state index in [4.69, 9.17) is 14.3 Å². The van der Waals surface area contributed by atoms with Gasteiger partial charge in [0.05, 0.1) is 12.7 Å². The minimum atomic E-state index is -0.177. The van der Waals surface area contributed by atoms with Gasteiger partial charge in [-0.15, -0.1) is 0 Å². The summed E-state index contributed by atoms with van der Waals surface area (Å²) in [7, 11) is 1.56. The zero-order valence-electron chi connectivity index (χ0n) is 15.0. The van der Waals surface area contributed by atoms with Crippen molar-refractivity contribution in [3.63, 3.8) is 0 Å². The SMILES string of the molecule is COc1cc(NC(=O)c2ccc(C)c(C)c2)ccc1-c1ccc(CO)o1. The van der Waals surface area contributed by atoms with Crippen LogP contribution in [0.25, 0.3) is 11.3 Å². The van der Waals surface area contributed by atoms with Gasteiger partial charge in [0.15, 0.2) is 0 Å². The third-order valence-electron chi connectivity index (χ3n) is 4.31. The molecule has 0 radical (unpaired) electrons. The number of ether oxygens (including phenoxy) is 1. The minimum absolute atomic E-state index is 0.160. The van der Waals surface area contributed by atoms with Gasteiger partial charge in [-0.1, -0.05) is 6.07 Å². The summed E-state index contributed by atoms with van der Waals surface area (Å²) in [5.41, 5.74) is 4.20. The molecule has 1 heterocycles. The maximum absolute atomic E-state index is 12.5. The van der Waals surface area contributed by atoms with Gasteiger partial charge in [0, 0.05) is 17.3 Å². The molecule has 5 nitrogen and oxygen atoms in total. The predicted octanol–water partition coefficient (Wildman–Crippen LogP) is 4.32. The Morgan fingerprint density at radius 3 is 2.54 bits per heavy atom. The number of nitrogens with one attached hydrogen (secondary N) is 1. The van der Waals surface area contributed by atoms with E-state index < -0.39 is 0 Å². The van der Waals surface area contributed by atoms with E-state index in [0.29, 0.717) is 28.5 Å². The Hall–Kier alpha value is -3.05. The lowest BCUT2D eigenvalue weighted by molar-refractivity contribution is 0.102. The van der Waals surface area contributed by atoms with Gasteiger partial charge in [-0.25, -0.2) is 0 Å². The van der Waals surface area contributed by atoms with Crippen molar-refractivity contribution in [3.05, 3.63) is 71.0 Å². The number of aliphatic hydroxyl groups is 1. The number of benzene rings is 2. The highest BCUT2D eigenvalue weighted by Gasteiger charge is 2.13. The van der Waals surface area contributed by atoms with Crippen LogP contribution in [-0.2, 0) is 6.61 Å². The van der Waals surface area contributed by atoms with Crippen LogP contribution in [-0.4, -0.2) is 18.1 Å². The molecule has 2 aromatic carbocycles. The molecule has 1 aromatic heterocycles. The smallest absolute Gasteiger partial charge is 0.255 e. The molecule has 0 bridgehead atoms. The molecule has 0 fully saturated rings. The molecule has 5 heteroatoms. The Morgan fingerprint density at radius 1 is 1.08 bits per heavy atom. The first-order chi connectivity index (χ1) is 12.5. The zero-order valence-corrected chi connectivity index (χ0v) is 15.0. The zero-order chi connectivity index (χ0) is 18.7. The average Bonchev–Trinajstić information content (AvgIpc) is 3.12. The summed E-state index contributed by atoms with van der Waals surface area (Å²) in [6, 6.07) is 14.4. The Kier molecular flexibility index (Phi) is 5.09. The number of furan rings is 1. The molecule has 0 saturated heterocycles. The quantitative estimate of drug-likeness (QED) is 0.718. The monoisotopic (exact) mass is 351 g/mol. The summed E-state index contributed by atoms with van der Waals surface area (Å²) in [6.45, 7) is 3.83. The van der Waals surface area contributed by atoms with Crippen LogP contribution in [0.3, 0.4) is 0 Å².